The highest BCUT2D eigenvalue weighted by molar-refractivity contribution is 5.03. The van der Waals surface area contributed by atoms with Gasteiger partial charge in [-0.2, -0.15) is 0 Å². The highest BCUT2D eigenvalue weighted by Crippen LogP contribution is 2.03. The van der Waals surface area contributed by atoms with E-state index in [-0.39, 0.29) is 18.1 Å². The lowest BCUT2D eigenvalue weighted by Crippen LogP contribution is -2.19. The van der Waals surface area contributed by atoms with E-state index in [9.17, 15) is 0 Å². The van der Waals surface area contributed by atoms with Crippen molar-refractivity contribution in [2.24, 2.45) is 0 Å². The predicted molar refractivity (Wildman–Crippen MR) is 42.5 cm³/mol. The molecule has 4 heteroatoms. The van der Waals surface area contributed by atoms with Gasteiger partial charge < -0.3 is 20.2 Å². The van der Waals surface area contributed by atoms with E-state index < -0.39 is 6.10 Å². The molecule has 0 saturated carbocycles. The van der Waals surface area contributed by atoms with Crippen molar-refractivity contribution >= 4 is 0 Å². The molecule has 0 bridgehead atoms. The Morgan fingerprint density at radius 1 is 1.36 bits per heavy atom. The molecule has 1 unspecified atom stereocenters. The van der Waals surface area contributed by atoms with Crippen LogP contribution in [-0.2, 0) is 0 Å². The summed E-state index contributed by atoms with van der Waals surface area (Å²) < 4.78 is 0. The minimum Gasteiger partial charge on any atom is -0.507 e. The van der Waals surface area contributed by atoms with Crippen molar-refractivity contribution < 1.29 is 15.3 Å². The normalized spacial score (nSPS) is 16.5. The van der Waals surface area contributed by atoms with Crippen LogP contribution >= 0.6 is 0 Å². The Bertz CT molecular complexity index is 152. The predicted octanol–water partition coefficient (Wildman–Crippen LogP) is 0.256. The van der Waals surface area contributed by atoms with Crippen molar-refractivity contribution in [3.05, 3.63) is 11.5 Å². The van der Waals surface area contributed by atoms with E-state index in [2.05, 4.69) is 0 Å². The molecule has 66 valence electrons. The third kappa shape index (κ3) is 3.85. The van der Waals surface area contributed by atoms with Crippen molar-refractivity contribution in [3.8, 4) is 0 Å². The maximum absolute atomic E-state index is 9.09. The number of rotatable bonds is 3. The third-order valence-electron chi connectivity index (χ3n) is 1.16. The molecule has 0 saturated heterocycles. The van der Waals surface area contributed by atoms with Gasteiger partial charge in [0.05, 0.1) is 6.54 Å². The molecule has 3 N–H and O–H groups in total. The second-order valence-corrected chi connectivity index (χ2v) is 2.75. The van der Waals surface area contributed by atoms with Crippen LogP contribution in [0.2, 0.25) is 0 Å². The SMILES string of the molecule is CC(O)/C(O)=C(/O)CN(C)C. The van der Waals surface area contributed by atoms with Crippen LogP contribution in [0.5, 0.6) is 0 Å². The first-order chi connectivity index (χ1) is 4.95. The van der Waals surface area contributed by atoms with Crippen molar-refractivity contribution in [3.63, 3.8) is 0 Å². The van der Waals surface area contributed by atoms with Crippen LogP contribution in [0.3, 0.4) is 0 Å². The fourth-order valence-electron chi connectivity index (χ4n) is 0.622. The lowest BCUT2D eigenvalue weighted by molar-refractivity contribution is 0.149. The van der Waals surface area contributed by atoms with Crippen molar-refractivity contribution in [2.75, 3.05) is 20.6 Å². The van der Waals surface area contributed by atoms with E-state index >= 15 is 0 Å². The molecule has 0 spiro atoms. The Morgan fingerprint density at radius 2 is 1.82 bits per heavy atom. The highest BCUT2D eigenvalue weighted by atomic mass is 16.3. The standard InChI is InChI=1S/C7H15NO3/c1-5(9)7(11)6(10)4-8(2)3/h5,9-11H,4H2,1-3H3/b7-6-. The molecule has 0 aliphatic heterocycles. The van der Waals surface area contributed by atoms with Gasteiger partial charge in [0.1, 0.15) is 11.9 Å². The average Bonchev–Trinajstić information content (AvgIpc) is 1.84. The first kappa shape index (κ1) is 10.3. The van der Waals surface area contributed by atoms with E-state index in [0.717, 1.165) is 0 Å². The van der Waals surface area contributed by atoms with Crippen LogP contribution in [-0.4, -0.2) is 47.0 Å². The zero-order chi connectivity index (χ0) is 9.02. The quantitative estimate of drug-likeness (QED) is 0.519. The van der Waals surface area contributed by atoms with Gasteiger partial charge in [0.2, 0.25) is 0 Å². The molecular formula is C7H15NO3. The summed E-state index contributed by atoms with van der Waals surface area (Å²) in [6, 6.07) is 0. The van der Waals surface area contributed by atoms with Crippen molar-refractivity contribution in [1.82, 2.24) is 4.90 Å². The summed E-state index contributed by atoms with van der Waals surface area (Å²) in [4.78, 5) is 1.69. The lowest BCUT2D eigenvalue weighted by atomic mass is 10.3. The smallest absolute Gasteiger partial charge is 0.159 e. The van der Waals surface area contributed by atoms with E-state index in [1.165, 1.54) is 6.92 Å². The molecule has 0 rings (SSSR count). The van der Waals surface area contributed by atoms with Crippen LogP contribution < -0.4 is 0 Å². The third-order valence-corrected chi connectivity index (χ3v) is 1.16. The van der Waals surface area contributed by atoms with Crippen LogP contribution in [0, 0.1) is 0 Å². The number of aliphatic hydroxyl groups is 3. The fourth-order valence-corrected chi connectivity index (χ4v) is 0.622. The van der Waals surface area contributed by atoms with Gasteiger partial charge in [0, 0.05) is 0 Å². The number of likely N-dealkylation sites (N-methyl/N-ethyl adjacent to an activating group) is 1. The molecule has 0 aromatic carbocycles. The Hall–Kier alpha value is -0.740. The molecule has 0 amide bonds. The van der Waals surface area contributed by atoms with Crippen LogP contribution in [0.25, 0.3) is 0 Å². The van der Waals surface area contributed by atoms with Gasteiger partial charge in [0.25, 0.3) is 0 Å². The summed E-state index contributed by atoms with van der Waals surface area (Å²) in [6.07, 6.45) is -1.00. The first-order valence-corrected chi connectivity index (χ1v) is 3.39. The molecule has 0 aromatic heterocycles. The fraction of sp³-hybridized carbons (Fsp3) is 0.714. The number of nitrogens with zero attached hydrogens (tertiary/aromatic N) is 1. The lowest BCUT2D eigenvalue weighted by Gasteiger charge is -2.11. The molecule has 0 radical (unpaired) electrons. The van der Waals surface area contributed by atoms with Gasteiger partial charge in [-0.1, -0.05) is 0 Å². The van der Waals surface area contributed by atoms with E-state index in [1.54, 1.807) is 19.0 Å². The summed E-state index contributed by atoms with van der Waals surface area (Å²) in [5.74, 6) is -0.552. The Morgan fingerprint density at radius 3 is 2.09 bits per heavy atom. The van der Waals surface area contributed by atoms with Gasteiger partial charge in [-0.15, -0.1) is 0 Å². The molecule has 0 heterocycles. The topological polar surface area (TPSA) is 63.9 Å². The molecule has 0 fully saturated rings. The summed E-state index contributed by atoms with van der Waals surface area (Å²) in [6.45, 7) is 1.62. The molecule has 11 heavy (non-hydrogen) atoms. The van der Waals surface area contributed by atoms with Crippen molar-refractivity contribution in [1.29, 1.82) is 0 Å². The van der Waals surface area contributed by atoms with E-state index in [0.29, 0.717) is 0 Å². The zero-order valence-corrected chi connectivity index (χ0v) is 7.07. The van der Waals surface area contributed by atoms with Gasteiger partial charge in [0.15, 0.2) is 5.76 Å². The molecule has 4 nitrogen and oxygen atoms in total. The molecule has 1 atom stereocenters. The Labute approximate surface area is 66.4 Å². The van der Waals surface area contributed by atoms with Gasteiger partial charge in [-0.25, -0.2) is 0 Å². The summed E-state index contributed by atoms with van der Waals surface area (Å²) in [5.41, 5.74) is 0. The largest absolute Gasteiger partial charge is 0.507 e. The van der Waals surface area contributed by atoms with E-state index in [4.69, 9.17) is 15.3 Å². The Kier molecular flexibility index (Phi) is 3.92. The minimum absolute atomic E-state index is 0.190. The highest BCUT2D eigenvalue weighted by Gasteiger charge is 2.09. The maximum atomic E-state index is 9.09. The minimum atomic E-state index is -1.00. The van der Waals surface area contributed by atoms with Gasteiger partial charge in [-0.3, -0.25) is 0 Å². The van der Waals surface area contributed by atoms with Crippen LogP contribution in [0.15, 0.2) is 11.5 Å². The van der Waals surface area contributed by atoms with E-state index in [1.807, 2.05) is 0 Å². The Balaban J connectivity index is 4.16. The first-order valence-electron chi connectivity index (χ1n) is 3.39. The molecular weight excluding hydrogens is 146 g/mol. The number of hydrogen-bond acceptors (Lipinski definition) is 4. The van der Waals surface area contributed by atoms with Gasteiger partial charge in [-0.05, 0) is 21.0 Å². The maximum Gasteiger partial charge on any atom is 0.159 e. The average molecular weight is 161 g/mol. The second kappa shape index (κ2) is 4.20. The van der Waals surface area contributed by atoms with Crippen LogP contribution in [0.4, 0.5) is 0 Å². The number of aliphatic hydroxyl groups excluding tert-OH is 3. The van der Waals surface area contributed by atoms with Gasteiger partial charge >= 0.3 is 0 Å². The van der Waals surface area contributed by atoms with Crippen molar-refractivity contribution in [2.45, 2.75) is 13.0 Å². The summed E-state index contributed by atoms with van der Waals surface area (Å²) in [7, 11) is 3.51. The zero-order valence-electron chi connectivity index (χ0n) is 7.07. The number of hydrogen-bond donors (Lipinski definition) is 3. The summed E-state index contributed by atoms with van der Waals surface area (Å²) in [5, 5.41) is 26.9. The second-order valence-electron chi connectivity index (χ2n) is 2.75. The molecule has 0 aliphatic carbocycles. The molecule has 0 aromatic rings. The van der Waals surface area contributed by atoms with Crippen LogP contribution in [0.1, 0.15) is 6.92 Å². The summed E-state index contributed by atoms with van der Waals surface area (Å²) >= 11 is 0. The monoisotopic (exact) mass is 161 g/mol. The molecule has 0 aliphatic rings.